The Hall–Kier alpha value is -3.45. The number of imide groups is 1. The molecule has 7 heteroatoms. The molecule has 2 aromatic rings. The number of aliphatic hydroxyl groups is 1. The van der Waals surface area contributed by atoms with Crippen molar-refractivity contribution in [2.75, 3.05) is 30.4 Å². The van der Waals surface area contributed by atoms with Crippen LogP contribution in [0.3, 0.4) is 0 Å². The molecular formula is C22H23N3O4. The summed E-state index contributed by atoms with van der Waals surface area (Å²) in [6, 6.07) is 14.0. The SMILES string of the molecule is CC(=O)Nc1ccc(C2=C(N(C)CCO)C(=O)N(c3ccccc3C)C2=O)cc1. The molecule has 0 unspecified atom stereocenters. The minimum atomic E-state index is -0.429. The Morgan fingerprint density at radius 1 is 1.07 bits per heavy atom. The van der Waals surface area contributed by atoms with E-state index in [0.29, 0.717) is 16.9 Å². The molecule has 0 fully saturated rings. The molecule has 1 aliphatic rings. The highest BCUT2D eigenvalue weighted by Crippen LogP contribution is 2.35. The van der Waals surface area contributed by atoms with Gasteiger partial charge in [-0.05, 0) is 36.2 Å². The minimum Gasteiger partial charge on any atom is -0.395 e. The summed E-state index contributed by atoms with van der Waals surface area (Å²) in [4.78, 5) is 40.6. The number of nitrogens with zero attached hydrogens (tertiary/aromatic N) is 2. The maximum absolute atomic E-state index is 13.3. The molecule has 7 nitrogen and oxygen atoms in total. The van der Waals surface area contributed by atoms with Crippen LogP contribution in [0.2, 0.25) is 0 Å². The molecular weight excluding hydrogens is 370 g/mol. The van der Waals surface area contributed by atoms with Gasteiger partial charge in [-0.1, -0.05) is 30.3 Å². The maximum Gasteiger partial charge on any atom is 0.282 e. The summed E-state index contributed by atoms with van der Waals surface area (Å²) in [5.41, 5.74) is 3.00. The van der Waals surface area contributed by atoms with Gasteiger partial charge in [0.25, 0.3) is 11.8 Å². The van der Waals surface area contributed by atoms with Crippen LogP contribution in [0.25, 0.3) is 5.57 Å². The Kier molecular flexibility index (Phi) is 5.79. The second-order valence-electron chi connectivity index (χ2n) is 6.86. The van der Waals surface area contributed by atoms with Gasteiger partial charge in [0.05, 0.1) is 17.9 Å². The molecule has 0 saturated carbocycles. The predicted octanol–water partition coefficient (Wildman–Crippen LogP) is 2.16. The number of aliphatic hydroxyl groups excluding tert-OH is 1. The fraction of sp³-hybridized carbons (Fsp3) is 0.227. The Morgan fingerprint density at radius 2 is 1.72 bits per heavy atom. The van der Waals surface area contributed by atoms with E-state index in [9.17, 15) is 19.5 Å². The first-order chi connectivity index (χ1) is 13.8. The van der Waals surface area contributed by atoms with Gasteiger partial charge in [0.15, 0.2) is 0 Å². The van der Waals surface area contributed by atoms with E-state index in [1.54, 1.807) is 48.3 Å². The highest BCUT2D eigenvalue weighted by Gasteiger charge is 2.42. The average Bonchev–Trinajstić information content (AvgIpc) is 2.93. The highest BCUT2D eigenvalue weighted by molar-refractivity contribution is 6.45. The standard InChI is InChI=1S/C22H23N3O4/c1-14-6-4-5-7-18(14)25-21(28)19(20(22(25)29)24(3)12-13-26)16-8-10-17(11-9-16)23-15(2)27/h4-11,26H,12-13H2,1-3H3,(H,23,27). The van der Waals surface area contributed by atoms with Crippen molar-refractivity contribution in [1.82, 2.24) is 4.90 Å². The normalized spacial score (nSPS) is 13.9. The van der Waals surface area contributed by atoms with Crippen LogP contribution in [0.4, 0.5) is 11.4 Å². The fourth-order valence-corrected chi connectivity index (χ4v) is 3.35. The average molecular weight is 393 g/mol. The number of amides is 3. The Morgan fingerprint density at radius 3 is 2.31 bits per heavy atom. The molecule has 1 aliphatic heterocycles. The number of nitrogens with one attached hydrogen (secondary N) is 1. The lowest BCUT2D eigenvalue weighted by Crippen LogP contribution is -2.35. The number of carbonyl (C=O) groups excluding carboxylic acids is 3. The minimum absolute atomic E-state index is 0.152. The van der Waals surface area contributed by atoms with Crippen LogP contribution in [-0.4, -0.2) is 47.9 Å². The molecule has 0 atom stereocenters. The zero-order valence-corrected chi connectivity index (χ0v) is 16.6. The number of carbonyl (C=O) groups is 3. The number of anilines is 2. The summed E-state index contributed by atoms with van der Waals surface area (Å²) in [7, 11) is 1.67. The Labute approximate surface area is 169 Å². The number of aryl methyl sites for hydroxylation is 1. The van der Waals surface area contributed by atoms with Gasteiger partial charge in [0.2, 0.25) is 5.91 Å². The van der Waals surface area contributed by atoms with Crippen LogP contribution in [0.5, 0.6) is 0 Å². The third kappa shape index (κ3) is 3.90. The number of benzene rings is 2. The van der Waals surface area contributed by atoms with E-state index in [-0.39, 0.29) is 30.3 Å². The summed E-state index contributed by atoms with van der Waals surface area (Å²) in [5, 5.41) is 12.0. The second-order valence-corrected chi connectivity index (χ2v) is 6.86. The molecule has 0 bridgehead atoms. The van der Waals surface area contributed by atoms with Gasteiger partial charge < -0.3 is 15.3 Å². The number of para-hydroxylation sites is 1. The van der Waals surface area contributed by atoms with Crippen molar-refractivity contribution in [3.8, 4) is 0 Å². The fourth-order valence-electron chi connectivity index (χ4n) is 3.35. The van der Waals surface area contributed by atoms with Crippen molar-refractivity contribution in [2.24, 2.45) is 0 Å². The third-order valence-corrected chi connectivity index (χ3v) is 4.73. The molecule has 150 valence electrons. The van der Waals surface area contributed by atoms with Crippen LogP contribution < -0.4 is 10.2 Å². The predicted molar refractivity (Wildman–Crippen MR) is 111 cm³/mol. The first-order valence-electron chi connectivity index (χ1n) is 9.24. The molecule has 0 aromatic heterocycles. The maximum atomic E-state index is 13.3. The summed E-state index contributed by atoms with van der Waals surface area (Å²) < 4.78 is 0. The highest BCUT2D eigenvalue weighted by atomic mass is 16.3. The first-order valence-corrected chi connectivity index (χ1v) is 9.24. The van der Waals surface area contributed by atoms with Crippen molar-refractivity contribution in [2.45, 2.75) is 13.8 Å². The number of hydrogen-bond donors (Lipinski definition) is 2. The first kappa shape index (κ1) is 20.3. The van der Waals surface area contributed by atoms with E-state index in [1.807, 2.05) is 19.1 Å². The van der Waals surface area contributed by atoms with Crippen LogP contribution in [0.1, 0.15) is 18.1 Å². The van der Waals surface area contributed by atoms with Crippen molar-refractivity contribution < 1.29 is 19.5 Å². The molecule has 3 amide bonds. The zero-order valence-electron chi connectivity index (χ0n) is 16.6. The van der Waals surface area contributed by atoms with E-state index in [2.05, 4.69) is 5.32 Å². The van der Waals surface area contributed by atoms with Gasteiger partial charge in [-0.2, -0.15) is 0 Å². The van der Waals surface area contributed by atoms with Gasteiger partial charge in [0.1, 0.15) is 5.70 Å². The van der Waals surface area contributed by atoms with Gasteiger partial charge in [0, 0.05) is 26.2 Å². The van der Waals surface area contributed by atoms with Crippen LogP contribution in [0.15, 0.2) is 54.2 Å². The molecule has 29 heavy (non-hydrogen) atoms. The quantitative estimate of drug-likeness (QED) is 0.734. The number of likely N-dealkylation sites (N-methyl/N-ethyl adjacent to an activating group) is 1. The lowest BCUT2D eigenvalue weighted by Gasteiger charge is -2.21. The van der Waals surface area contributed by atoms with E-state index < -0.39 is 11.8 Å². The Balaban J connectivity index is 2.09. The lowest BCUT2D eigenvalue weighted by molar-refractivity contribution is -0.120. The largest absolute Gasteiger partial charge is 0.395 e. The van der Waals surface area contributed by atoms with Crippen LogP contribution in [0, 0.1) is 6.92 Å². The summed E-state index contributed by atoms with van der Waals surface area (Å²) in [5.74, 6) is -1.05. The summed E-state index contributed by atoms with van der Waals surface area (Å²) in [6.45, 7) is 3.31. The second kappa shape index (κ2) is 8.28. The van der Waals surface area contributed by atoms with Gasteiger partial charge in [-0.3, -0.25) is 14.4 Å². The molecule has 3 rings (SSSR count). The number of rotatable bonds is 6. The molecule has 2 aromatic carbocycles. The van der Waals surface area contributed by atoms with Crippen LogP contribution >= 0.6 is 0 Å². The molecule has 1 heterocycles. The number of hydrogen-bond acceptors (Lipinski definition) is 5. The molecule has 2 N–H and O–H groups in total. The molecule has 0 spiro atoms. The van der Waals surface area contributed by atoms with Crippen molar-refractivity contribution in [3.05, 3.63) is 65.4 Å². The van der Waals surface area contributed by atoms with Crippen molar-refractivity contribution >= 4 is 34.7 Å². The van der Waals surface area contributed by atoms with Crippen molar-refractivity contribution in [3.63, 3.8) is 0 Å². The van der Waals surface area contributed by atoms with Crippen LogP contribution in [-0.2, 0) is 14.4 Å². The topological polar surface area (TPSA) is 90.0 Å². The van der Waals surface area contributed by atoms with Gasteiger partial charge in [-0.15, -0.1) is 0 Å². The van der Waals surface area contributed by atoms with E-state index in [4.69, 9.17) is 0 Å². The smallest absolute Gasteiger partial charge is 0.282 e. The zero-order chi connectivity index (χ0) is 21.1. The Bertz CT molecular complexity index is 995. The summed E-state index contributed by atoms with van der Waals surface area (Å²) >= 11 is 0. The monoisotopic (exact) mass is 393 g/mol. The van der Waals surface area contributed by atoms with E-state index in [1.165, 1.54) is 11.8 Å². The molecule has 0 aliphatic carbocycles. The van der Waals surface area contributed by atoms with Gasteiger partial charge in [-0.25, -0.2) is 4.90 Å². The summed E-state index contributed by atoms with van der Waals surface area (Å²) in [6.07, 6.45) is 0. The molecule has 0 saturated heterocycles. The van der Waals surface area contributed by atoms with E-state index in [0.717, 1.165) is 5.56 Å². The third-order valence-electron chi connectivity index (χ3n) is 4.73. The molecule has 0 radical (unpaired) electrons. The van der Waals surface area contributed by atoms with Gasteiger partial charge >= 0.3 is 0 Å². The lowest BCUT2D eigenvalue weighted by atomic mass is 10.0. The van der Waals surface area contributed by atoms with E-state index >= 15 is 0 Å². The van der Waals surface area contributed by atoms with Crippen molar-refractivity contribution in [1.29, 1.82) is 0 Å².